The average Bonchev–Trinajstić information content (AvgIpc) is 3.07. The Hall–Kier alpha value is -2.35. The van der Waals surface area contributed by atoms with Crippen molar-refractivity contribution < 1.29 is 9.53 Å². The van der Waals surface area contributed by atoms with Gasteiger partial charge in [-0.2, -0.15) is 0 Å². The third-order valence-corrected chi connectivity index (χ3v) is 5.46. The summed E-state index contributed by atoms with van der Waals surface area (Å²) in [6, 6.07) is 4.06. The topological polar surface area (TPSA) is 76.4 Å². The fraction of sp³-hybridized carbons (Fsp3) is 0.600. The van der Waals surface area contributed by atoms with Gasteiger partial charge in [0.15, 0.2) is 0 Å². The summed E-state index contributed by atoms with van der Waals surface area (Å²) in [4.78, 5) is 16.4. The molecule has 0 spiro atoms. The van der Waals surface area contributed by atoms with E-state index in [-0.39, 0.29) is 12.1 Å². The van der Waals surface area contributed by atoms with Crippen molar-refractivity contribution in [2.24, 2.45) is 0 Å². The van der Waals surface area contributed by atoms with Crippen molar-refractivity contribution in [3.05, 3.63) is 34.1 Å². The maximum Gasteiger partial charge on any atom is 0.410 e. The monoisotopic (exact) mass is 420 g/mol. The Morgan fingerprint density at radius 3 is 2.38 bits per heavy atom. The molecule has 2 aromatic rings. The Kier molecular flexibility index (Phi) is 6.03. The number of halogens is 1. The zero-order chi connectivity index (χ0) is 21.3. The first kappa shape index (κ1) is 21.4. The second kappa shape index (κ2) is 8.18. The van der Waals surface area contributed by atoms with Crippen molar-refractivity contribution in [2.75, 3.05) is 31.1 Å². The molecule has 0 radical (unpaired) electrons. The van der Waals surface area contributed by atoms with E-state index >= 15 is 0 Å². The van der Waals surface area contributed by atoms with Crippen LogP contribution < -0.4 is 4.90 Å². The van der Waals surface area contributed by atoms with Gasteiger partial charge in [-0.15, -0.1) is 5.10 Å². The lowest BCUT2D eigenvalue weighted by molar-refractivity contribution is 0.0240. The van der Waals surface area contributed by atoms with Crippen molar-refractivity contribution in [2.45, 2.75) is 53.2 Å². The maximum absolute atomic E-state index is 12.4. The van der Waals surface area contributed by atoms with Gasteiger partial charge in [0.25, 0.3) is 0 Å². The largest absolute Gasteiger partial charge is 0.444 e. The highest BCUT2D eigenvalue weighted by molar-refractivity contribution is 6.31. The summed E-state index contributed by atoms with van der Waals surface area (Å²) in [5.74, 6) is 0.755. The predicted octanol–water partition coefficient (Wildman–Crippen LogP) is 3.61. The van der Waals surface area contributed by atoms with Crippen LogP contribution in [-0.2, 0) is 4.74 Å². The van der Waals surface area contributed by atoms with Crippen molar-refractivity contribution in [3.63, 3.8) is 0 Å². The second-order valence-electron chi connectivity index (χ2n) is 8.46. The third kappa shape index (κ3) is 4.80. The normalized spacial score (nSPS) is 16.1. The van der Waals surface area contributed by atoms with Gasteiger partial charge in [0, 0.05) is 42.5 Å². The van der Waals surface area contributed by atoms with E-state index in [1.165, 1.54) is 0 Å². The molecular formula is C20H29ClN6O2. The molecule has 1 aromatic heterocycles. The summed E-state index contributed by atoms with van der Waals surface area (Å²) in [6.07, 6.45) is -0.267. The Labute approximate surface area is 176 Å². The number of rotatable bonds is 3. The first-order valence-electron chi connectivity index (χ1n) is 9.84. The van der Waals surface area contributed by atoms with Crippen LogP contribution in [-0.4, -0.2) is 63.0 Å². The molecule has 0 aliphatic carbocycles. The molecule has 2 heterocycles. The van der Waals surface area contributed by atoms with Gasteiger partial charge >= 0.3 is 6.09 Å². The molecular weight excluding hydrogens is 392 g/mol. The number of carbonyl (C=O) groups excluding carboxylic acids is 1. The molecule has 8 nitrogen and oxygen atoms in total. The van der Waals surface area contributed by atoms with Crippen LogP contribution in [0.25, 0.3) is 0 Å². The van der Waals surface area contributed by atoms with Crippen LogP contribution in [0.3, 0.4) is 0 Å². The lowest BCUT2D eigenvalue weighted by Crippen LogP contribution is -2.50. The van der Waals surface area contributed by atoms with Crippen LogP contribution in [0, 0.1) is 13.8 Å². The number of ether oxygens (including phenoxy) is 1. The number of amides is 1. The standard InChI is InChI=1S/C20H29ClN6O2/c1-13-11-16(14(2)27-15(3)22-23-24-27)18(12-17(13)21)25-7-9-26(10-8-25)19(28)29-20(4,5)6/h11-12,14H,7-10H2,1-6H3. The van der Waals surface area contributed by atoms with Crippen LogP contribution in [0.2, 0.25) is 5.02 Å². The number of carbonyl (C=O) groups is 1. The van der Waals surface area contributed by atoms with Gasteiger partial charge in [-0.25, -0.2) is 9.48 Å². The Morgan fingerprint density at radius 1 is 1.17 bits per heavy atom. The molecule has 9 heteroatoms. The maximum atomic E-state index is 12.4. The molecule has 0 bridgehead atoms. The SMILES string of the molecule is Cc1cc(C(C)n2nnnc2C)c(N2CCN(C(=O)OC(C)(C)C)CC2)cc1Cl. The van der Waals surface area contributed by atoms with Crippen LogP contribution in [0.1, 0.15) is 50.7 Å². The number of anilines is 1. The zero-order valence-corrected chi connectivity index (χ0v) is 18.7. The van der Waals surface area contributed by atoms with E-state index in [1.807, 2.05) is 45.4 Å². The van der Waals surface area contributed by atoms with E-state index in [4.69, 9.17) is 16.3 Å². The minimum absolute atomic E-state index is 0.0418. The van der Waals surface area contributed by atoms with E-state index in [2.05, 4.69) is 33.4 Å². The highest BCUT2D eigenvalue weighted by Crippen LogP contribution is 2.34. The second-order valence-corrected chi connectivity index (χ2v) is 8.87. The van der Waals surface area contributed by atoms with E-state index in [1.54, 1.807) is 4.90 Å². The highest BCUT2D eigenvalue weighted by atomic mass is 35.5. The number of nitrogens with zero attached hydrogens (tertiary/aromatic N) is 6. The van der Waals surface area contributed by atoms with Crippen LogP contribution in [0.5, 0.6) is 0 Å². The van der Waals surface area contributed by atoms with E-state index in [0.717, 1.165) is 27.7 Å². The molecule has 1 fully saturated rings. The number of hydrogen-bond donors (Lipinski definition) is 0. The van der Waals surface area contributed by atoms with E-state index in [9.17, 15) is 4.79 Å². The number of aromatic nitrogens is 4. The van der Waals surface area contributed by atoms with Gasteiger partial charge in [0.05, 0.1) is 6.04 Å². The predicted molar refractivity (Wildman–Crippen MR) is 113 cm³/mol. The van der Waals surface area contributed by atoms with Crippen LogP contribution in [0.4, 0.5) is 10.5 Å². The minimum atomic E-state index is -0.495. The first-order chi connectivity index (χ1) is 13.6. The Balaban J connectivity index is 1.82. The summed E-state index contributed by atoms with van der Waals surface area (Å²) >= 11 is 6.46. The van der Waals surface area contributed by atoms with E-state index in [0.29, 0.717) is 26.2 Å². The number of benzene rings is 1. The number of piperazine rings is 1. The smallest absolute Gasteiger partial charge is 0.410 e. The lowest BCUT2D eigenvalue weighted by atomic mass is 10.0. The summed E-state index contributed by atoms with van der Waals surface area (Å²) in [5, 5.41) is 12.6. The van der Waals surface area contributed by atoms with Crippen molar-refractivity contribution in [1.82, 2.24) is 25.1 Å². The van der Waals surface area contributed by atoms with Crippen molar-refractivity contribution in [1.29, 1.82) is 0 Å². The summed E-state index contributed by atoms with van der Waals surface area (Å²) in [5.41, 5.74) is 2.67. The molecule has 3 rings (SSSR count). The summed E-state index contributed by atoms with van der Waals surface area (Å²) in [6.45, 7) is 14.2. The van der Waals surface area contributed by atoms with Gasteiger partial charge in [0.2, 0.25) is 0 Å². The summed E-state index contributed by atoms with van der Waals surface area (Å²) in [7, 11) is 0. The first-order valence-corrected chi connectivity index (χ1v) is 10.2. The van der Waals surface area contributed by atoms with Crippen molar-refractivity contribution in [3.8, 4) is 0 Å². The van der Waals surface area contributed by atoms with Gasteiger partial charge in [-0.05, 0) is 63.6 Å². The Bertz CT molecular complexity index is 884. The van der Waals surface area contributed by atoms with Crippen molar-refractivity contribution >= 4 is 23.4 Å². The van der Waals surface area contributed by atoms with Gasteiger partial charge in [-0.1, -0.05) is 17.7 Å². The highest BCUT2D eigenvalue weighted by Gasteiger charge is 2.28. The third-order valence-electron chi connectivity index (χ3n) is 5.05. The fourth-order valence-corrected chi connectivity index (χ4v) is 3.64. The lowest BCUT2D eigenvalue weighted by Gasteiger charge is -2.38. The molecule has 1 amide bonds. The number of tetrazole rings is 1. The van der Waals surface area contributed by atoms with Crippen LogP contribution >= 0.6 is 11.6 Å². The summed E-state index contributed by atoms with van der Waals surface area (Å²) < 4.78 is 7.31. The molecule has 1 aromatic carbocycles. The fourth-order valence-electron chi connectivity index (χ4n) is 3.49. The van der Waals surface area contributed by atoms with Gasteiger partial charge in [-0.3, -0.25) is 0 Å². The van der Waals surface area contributed by atoms with Crippen LogP contribution in [0.15, 0.2) is 12.1 Å². The molecule has 1 atom stereocenters. The van der Waals surface area contributed by atoms with Gasteiger partial charge < -0.3 is 14.5 Å². The number of aryl methyl sites for hydroxylation is 2. The van der Waals surface area contributed by atoms with Gasteiger partial charge in [0.1, 0.15) is 11.4 Å². The molecule has 158 valence electrons. The average molecular weight is 421 g/mol. The zero-order valence-electron chi connectivity index (χ0n) is 17.9. The number of hydrogen-bond acceptors (Lipinski definition) is 6. The molecule has 29 heavy (non-hydrogen) atoms. The quantitative estimate of drug-likeness (QED) is 0.754. The molecule has 1 unspecified atom stereocenters. The molecule has 1 aliphatic rings. The molecule has 1 saturated heterocycles. The minimum Gasteiger partial charge on any atom is -0.444 e. The Morgan fingerprint density at radius 2 is 1.83 bits per heavy atom. The molecule has 1 aliphatic heterocycles. The molecule has 0 N–H and O–H groups in total. The molecule has 0 saturated carbocycles. The van der Waals surface area contributed by atoms with E-state index < -0.39 is 5.60 Å².